The molecule has 0 saturated heterocycles. The zero-order valence-corrected chi connectivity index (χ0v) is 18.9. The van der Waals surface area contributed by atoms with E-state index in [1.807, 2.05) is 30.3 Å². The maximum Gasteiger partial charge on any atom is 0.246 e. The summed E-state index contributed by atoms with van der Waals surface area (Å²) in [6, 6.07) is 18.0. The first-order valence-electron chi connectivity index (χ1n) is 11.0. The van der Waals surface area contributed by atoms with Crippen molar-refractivity contribution >= 4 is 34.1 Å². The van der Waals surface area contributed by atoms with E-state index in [4.69, 9.17) is 4.74 Å². The largest absolute Gasteiger partial charge is 0.486 e. The van der Waals surface area contributed by atoms with Gasteiger partial charge in [0.1, 0.15) is 19.0 Å². The summed E-state index contributed by atoms with van der Waals surface area (Å²) < 4.78 is 34.8. The number of anilines is 3. The van der Waals surface area contributed by atoms with Gasteiger partial charge in [-0.1, -0.05) is 36.4 Å². The first-order chi connectivity index (χ1) is 17.5. The van der Waals surface area contributed by atoms with Crippen LogP contribution in [0.5, 0.6) is 5.75 Å². The highest BCUT2D eigenvalue weighted by atomic mass is 19.1. The Labute approximate surface area is 204 Å². The van der Waals surface area contributed by atoms with Gasteiger partial charge in [-0.15, -0.1) is 0 Å². The lowest BCUT2D eigenvalue weighted by Gasteiger charge is -2.09. The van der Waals surface area contributed by atoms with Gasteiger partial charge in [-0.05, 0) is 29.8 Å². The number of aromatic nitrogens is 4. The predicted molar refractivity (Wildman–Crippen MR) is 131 cm³/mol. The maximum atomic E-state index is 14.5. The van der Waals surface area contributed by atoms with Gasteiger partial charge >= 0.3 is 0 Å². The van der Waals surface area contributed by atoms with E-state index in [1.165, 1.54) is 47.4 Å². The number of carbonyl (C=O) groups is 1. The molecule has 5 rings (SSSR count). The van der Waals surface area contributed by atoms with Gasteiger partial charge in [-0.25, -0.2) is 18.7 Å². The van der Waals surface area contributed by atoms with Crippen LogP contribution in [0.25, 0.3) is 10.9 Å². The van der Waals surface area contributed by atoms with Crippen molar-refractivity contribution < 1.29 is 18.3 Å². The molecule has 0 aliphatic heterocycles. The highest BCUT2D eigenvalue weighted by Gasteiger charge is 2.11. The Morgan fingerprint density at radius 2 is 1.83 bits per heavy atom. The van der Waals surface area contributed by atoms with Gasteiger partial charge in [-0.3, -0.25) is 9.48 Å². The molecule has 5 aromatic rings. The van der Waals surface area contributed by atoms with Gasteiger partial charge in [0.05, 0.1) is 17.4 Å². The average Bonchev–Trinajstić information content (AvgIpc) is 3.30. The molecule has 1 amide bonds. The standard InChI is InChI=1S/C26H20F2N6O2/c27-19-7-4-8-20(10-19)31-25(35)15-34-14-21(13-30-34)32-26-29-12-18-9-22(28)24(11-23(18)33-26)36-16-17-5-2-1-3-6-17/h1-14H,15-16H2,(H,31,35)(H,29,32,33). The van der Waals surface area contributed by atoms with Gasteiger partial charge < -0.3 is 15.4 Å². The first-order valence-corrected chi connectivity index (χ1v) is 11.0. The van der Waals surface area contributed by atoms with Crippen LogP contribution in [-0.4, -0.2) is 25.7 Å². The van der Waals surface area contributed by atoms with Gasteiger partial charge in [0.2, 0.25) is 11.9 Å². The van der Waals surface area contributed by atoms with E-state index in [2.05, 4.69) is 25.7 Å². The van der Waals surface area contributed by atoms with Crippen molar-refractivity contribution in [3.8, 4) is 5.75 Å². The first kappa shape index (κ1) is 22.9. The smallest absolute Gasteiger partial charge is 0.246 e. The second-order valence-corrected chi connectivity index (χ2v) is 7.92. The topological polar surface area (TPSA) is 94.0 Å². The summed E-state index contributed by atoms with van der Waals surface area (Å²) in [5, 5.41) is 10.3. The molecule has 0 saturated carbocycles. The molecule has 2 heterocycles. The Hall–Kier alpha value is -4.86. The normalized spacial score (nSPS) is 10.8. The lowest BCUT2D eigenvalue weighted by Crippen LogP contribution is -2.19. The van der Waals surface area contributed by atoms with Crippen LogP contribution in [0.3, 0.4) is 0 Å². The molecule has 0 aliphatic carbocycles. The quantitative estimate of drug-likeness (QED) is 0.318. The zero-order chi connectivity index (χ0) is 24.9. The molecule has 36 heavy (non-hydrogen) atoms. The highest BCUT2D eigenvalue weighted by molar-refractivity contribution is 5.90. The Balaban J connectivity index is 1.25. The van der Waals surface area contributed by atoms with Crippen molar-refractivity contribution in [2.45, 2.75) is 13.2 Å². The number of hydrogen-bond acceptors (Lipinski definition) is 6. The number of fused-ring (bicyclic) bond motifs is 1. The number of ether oxygens (including phenoxy) is 1. The van der Waals surface area contributed by atoms with Crippen molar-refractivity contribution in [1.82, 2.24) is 19.7 Å². The van der Waals surface area contributed by atoms with E-state index in [-0.39, 0.29) is 30.8 Å². The predicted octanol–water partition coefficient (Wildman–Crippen LogP) is 5.07. The summed E-state index contributed by atoms with van der Waals surface area (Å²) in [4.78, 5) is 20.9. The third-order valence-electron chi connectivity index (χ3n) is 5.17. The molecule has 0 spiro atoms. The van der Waals surface area contributed by atoms with E-state index < -0.39 is 11.6 Å². The molecule has 0 atom stereocenters. The van der Waals surface area contributed by atoms with Gasteiger partial charge in [0.15, 0.2) is 11.6 Å². The summed E-state index contributed by atoms with van der Waals surface area (Å²) in [5.74, 6) is -0.936. The number of rotatable bonds is 8. The van der Waals surface area contributed by atoms with Crippen LogP contribution < -0.4 is 15.4 Å². The van der Waals surface area contributed by atoms with Crippen LogP contribution in [0, 0.1) is 11.6 Å². The SMILES string of the molecule is O=C(Cn1cc(Nc2ncc3cc(F)c(OCc4ccccc4)cc3n2)cn1)Nc1cccc(F)c1. The number of nitrogens with zero attached hydrogens (tertiary/aromatic N) is 4. The third kappa shape index (κ3) is 5.61. The Kier molecular flexibility index (Phi) is 6.48. The molecule has 3 aromatic carbocycles. The molecule has 10 heteroatoms. The zero-order valence-electron chi connectivity index (χ0n) is 18.9. The van der Waals surface area contributed by atoms with E-state index in [1.54, 1.807) is 12.3 Å². The van der Waals surface area contributed by atoms with E-state index in [0.29, 0.717) is 22.3 Å². The van der Waals surface area contributed by atoms with Crippen LogP contribution in [0.2, 0.25) is 0 Å². The van der Waals surface area contributed by atoms with E-state index in [9.17, 15) is 13.6 Å². The monoisotopic (exact) mass is 486 g/mol. The molecule has 2 N–H and O–H groups in total. The van der Waals surface area contributed by atoms with Crippen LogP contribution in [0.15, 0.2) is 85.3 Å². The molecule has 0 unspecified atom stereocenters. The van der Waals surface area contributed by atoms with Crippen molar-refractivity contribution in [2.24, 2.45) is 0 Å². The molecular formula is C26H20F2N6O2. The molecule has 0 aliphatic rings. The molecule has 0 bridgehead atoms. The second kappa shape index (κ2) is 10.2. The molecular weight excluding hydrogens is 466 g/mol. The number of benzene rings is 3. The lowest BCUT2D eigenvalue weighted by atomic mass is 10.2. The van der Waals surface area contributed by atoms with Crippen molar-refractivity contribution in [1.29, 1.82) is 0 Å². The van der Waals surface area contributed by atoms with Gasteiger partial charge in [-0.2, -0.15) is 5.10 Å². The second-order valence-electron chi connectivity index (χ2n) is 7.92. The fourth-order valence-electron chi connectivity index (χ4n) is 3.50. The molecule has 180 valence electrons. The number of hydrogen-bond donors (Lipinski definition) is 2. The van der Waals surface area contributed by atoms with Crippen molar-refractivity contribution in [2.75, 3.05) is 10.6 Å². The van der Waals surface area contributed by atoms with Crippen LogP contribution >= 0.6 is 0 Å². The Morgan fingerprint density at radius 3 is 2.67 bits per heavy atom. The summed E-state index contributed by atoms with van der Waals surface area (Å²) in [6.07, 6.45) is 4.63. The van der Waals surface area contributed by atoms with Crippen LogP contribution in [-0.2, 0) is 17.9 Å². The van der Waals surface area contributed by atoms with Crippen LogP contribution in [0.4, 0.5) is 26.1 Å². The van der Waals surface area contributed by atoms with Gasteiger partial charge in [0, 0.05) is 29.5 Å². The third-order valence-corrected chi connectivity index (χ3v) is 5.17. The fourth-order valence-corrected chi connectivity index (χ4v) is 3.50. The van der Waals surface area contributed by atoms with Crippen molar-refractivity contribution in [3.05, 3.63) is 103 Å². The molecule has 8 nitrogen and oxygen atoms in total. The average molecular weight is 486 g/mol. The summed E-state index contributed by atoms with van der Waals surface area (Å²) in [7, 11) is 0. The lowest BCUT2D eigenvalue weighted by molar-refractivity contribution is -0.116. The van der Waals surface area contributed by atoms with Crippen LogP contribution in [0.1, 0.15) is 5.56 Å². The molecule has 0 radical (unpaired) electrons. The molecule has 0 fully saturated rings. The summed E-state index contributed by atoms with van der Waals surface area (Å²) in [5.41, 5.74) is 2.33. The van der Waals surface area contributed by atoms with Gasteiger partial charge in [0.25, 0.3) is 0 Å². The summed E-state index contributed by atoms with van der Waals surface area (Å²) in [6.45, 7) is 0.156. The van der Waals surface area contributed by atoms with Crippen molar-refractivity contribution in [3.63, 3.8) is 0 Å². The Morgan fingerprint density at radius 1 is 0.972 bits per heavy atom. The summed E-state index contributed by atoms with van der Waals surface area (Å²) >= 11 is 0. The maximum absolute atomic E-state index is 14.5. The Bertz CT molecular complexity index is 1520. The number of carbonyl (C=O) groups excluding carboxylic acids is 1. The van der Waals surface area contributed by atoms with E-state index >= 15 is 0 Å². The minimum Gasteiger partial charge on any atom is -0.486 e. The van der Waals surface area contributed by atoms with E-state index in [0.717, 1.165) is 5.56 Å². The highest BCUT2D eigenvalue weighted by Crippen LogP contribution is 2.25. The molecule has 2 aromatic heterocycles. The number of nitrogens with one attached hydrogen (secondary N) is 2. The fraction of sp³-hybridized carbons (Fsp3) is 0.0769. The number of amides is 1. The minimum absolute atomic E-state index is 0.0713. The minimum atomic E-state index is -0.500. The number of halogens is 2.